The van der Waals surface area contributed by atoms with Crippen molar-refractivity contribution < 1.29 is 19.1 Å². The number of benzene rings is 1. The van der Waals surface area contributed by atoms with Gasteiger partial charge in [-0.05, 0) is 24.5 Å². The fraction of sp³-hybridized carbons (Fsp3) is 0.471. The Morgan fingerprint density at radius 1 is 1.33 bits per heavy atom. The molecule has 0 spiro atoms. The van der Waals surface area contributed by atoms with Crippen molar-refractivity contribution in [2.24, 2.45) is 0 Å². The Kier molecular flexibility index (Phi) is 4.69. The first-order valence-electron chi connectivity index (χ1n) is 8.15. The zero-order chi connectivity index (χ0) is 17.1. The SMILES string of the molecule is CNC(=O)[C@@H]1CCCN1C(=O)CNC(=O)c1cccc2c1OCC2. The van der Waals surface area contributed by atoms with Crippen molar-refractivity contribution in [3.05, 3.63) is 29.3 Å². The average molecular weight is 331 g/mol. The third-order valence-electron chi connectivity index (χ3n) is 4.48. The number of carbonyl (C=O) groups excluding carboxylic acids is 3. The zero-order valence-corrected chi connectivity index (χ0v) is 13.6. The average Bonchev–Trinajstić information content (AvgIpc) is 3.26. The minimum absolute atomic E-state index is 0.129. The summed E-state index contributed by atoms with van der Waals surface area (Å²) in [7, 11) is 1.56. The van der Waals surface area contributed by atoms with Crippen molar-refractivity contribution in [1.29, 1.82) is 0 Å². The fourth-order valence-corrected chi connectivity index (χ4v) is 3.25. The molecule has 0 aliphatic carbocycles. The molecular formula is C17H21N3O4. The maximum atomic E-state index is 12.4. The second-order valence-electron chi connectivity index (χ2n) is 5.93. The normalized spacial score (nSPS) is 18.7. The maximum absolute atomic E-state index is 12.4. The van der Waals surface area contributed by atoms with E-state index in [0.29, 0.717) is 30.9 Å². The third kappa shape index (κ3) is 3.06. The van der Waals surface area contributed by atoms with Crippen LogP contribution in [0.3, 0.4) is 0 Å². The van der Waals surface area contributed by atoms with Gasteiger partial charge >= 0.3 is 0 Å². The maximum Gasteiger partial charge on any atom is 0.255 e. The lowest BCUT2D eigenvalue weighted by molar-refractivity contribution is -0.137. The van der Waals surface area contributed by atoms with Crippen molar-refractivity contribution in [1.82, 2.24) is 15.5 Å². The molecule has 128 valence electrons. The predicted molar refractivity (Wildman–Crippen MR) is 86.8 cm³/mol. The van der Waals surface area contributed by atoms with Crippen LogP contribution in [0, 0.1) is 0 Å². The van der Waals surface area contributed by atoms with Crippen molar-refractivity contribution in [2.45, 2.75) is 25.3 Å². The van der Waals surface area contributed by atoms with E-state index in [1.54, 1.807) is 13.1 Å². The molecule has 7 nitrogen and oxygen atoms in total. The minimum atomic E-state index is -0.441. The van der Waals surface area contributed by atoms with E-state index in [0.717, 1.165) is 18.4 Å². The molecule has 24 heavy (non-hydrogen) atoms. The molecule has 0 saturated carbocycles. The van der Waals surface area contributed by atoms with Crippen LogP contribution in [0.4, 0.5) is 0 Å². The number of likely N-dealkylation sites (tertiary alicyclic amines) is 1. The van der Waals surface area contributed by atoms with Crippen LogP contribution in [0.15, 0.2) is 18.2 Å². The molecule has 2 aliphatic rings. The Morgan fingerprint density at radius 2 is 2.17 bits per heavy atom. The van der Waals surface area contributed by atoms with Gasteiger partial charge in [-0.25, -0.2) is 0 Å². The number of ether oxygens (including phenoxy) is 1. The van der Waals surface area contributed by atoms with Gasteiger partial charge in [0.25, 0.3) is 5.91 Å². The van der Waals surface area contributed by atoms with Gasteiger partial charge in [0, 0.05) is 20.0 Å². The summed E-state index contributed by atoms with van der Waals surface area (Å²) in [6.07, 6.45) is 2.23. The van der Waals surface area contributed by atoms with Crippen LogP contribution < -0.4 is 15.4 Å². The summed E-state index contributed by atoms with van der Waals surface area (Å²) in [5, 5.41) is 5.22. The van der Waals surface area contributed by atoms with Gasteiger partial charge in [0.1, 0.15) is 11.8 Å². The molecule has 1 aromatic rings. The third-order valence-corrected chi connectivity index (χ3v) is 4.48. The molecule has 2 N–H and O–H groups in total. The fourth-order valence-electron chi connectivity index (χ4n) is 3.25. The summed E-state index contributed by atoms with van der Waals surface area (Å²) in [5.74, 6) is -0.144. The first kappa shape index (κ1) is 16.3. The molecule has 0 unspecified atom stereocenters. The molecule has 3 rings (SSSR count). The van der Waals surface area contributed by atoms with Crippen LogP contribution in [-0.2, 0) is 16.0 Å². The number of hydrogen-bond donors (Lipinski definition) is 2. The van der Waals surface area contributed by atoms with Crippen molar-refractivity contribution in [2.75, 3.05) is 26.7 Å². The number of fused-ring (bicyclic) bond motifs is 1. The van der Waals surface area contributed by atoms with Crippen LogP contribution in [0.25, 0.3) is 0 Å². The van der Waals surface area contributed by atoms with E-state index in [-0.39, 0.29) is 24.3 Å². The quantitative estimate of drug-likeness (QED) is 0.818. The van der Waals surface area contributed by atoms with E-state index in [4.69, 9.17) is 4.74 Å². The molecule has 1 saturated heterocycles. The van der Waals surface area contributed by atoms with Crippen LogP contribution >= 0.6 is 0 Å². The molecular weight excluding hydrogens is 310 g/mol. The van der Waals surface area contributed by atoms with Gasteiger partial charge in [0.15, 0.2) is 0 Å². The van der Waals surface area contributed by atoms with Gasteiger partial charge in [-0.15, -0.1) is 0 Å². The second-order valence-corrected chi connectivity index (χ2v) is 5.93. The molecule has 2 heterocycles. The number of carbonyl (C=O) groups is 3. The predicted octanol–water partition coefficient (Wildman–Crippen LogP) is 0.0883. The van der Waals surface area contributed by atoms with Crippen molar-refractivity contribution in [3.63, 3.8) is 0 Å². The van der Waals surface area contributed by atoms with Crippen LogP contribution in [0.2, 0.25) is 0 Å². The highest BCUT2D eigenvalue weighted by atomic mass is 16.5. The van der Waals surface area contributed by atoms with Crippen LogP contribution in [0.1, 0.15) is 28.8 Å². The van der Waals surface area contributed by atoms with E-state index >= 15 is 0 Å². The van der Waals surface area contributed by atoms with Gasteiger partial charge in [-0.3, -0.25) is 14.4 Å². The molecule has 2 aliphatic heterocycles. The summed E-state index contributed by atoms with van der Waals surface area (Å²) >= 11 is 0. The summed E-state index contributed by atoms with van der Waals surface area (Å²) in [5.41, 5.74) is 1.45. The van der Waals surface area contributed by atoms with Gasteiger partial charge in [0.2, 0.25) is 11.8 Å². The highest BCUT2D eigenvalue weighted by molar-refractivity contribution is 5.99. The van der Waals surface area contributed by atoms with E-state index in [2.05, 4.69) is 10.6 Å². The first-order valence-corrected chi connectivity index (χ1v) is 8.15. The highest BCUT2D eigenvalue weighted by Crippen LogP contribution is 2.29. The number of rotatable bonds is 4. The van der Waals surface area contributed by atoms with Crippen molar-refractivity contribution in [3.8, 4) is 5.75 Å². The van der Waals surface area contributed by atoms with E-state index in [1.807, 2.05) is 12.1 Å². The molecule has 1 aromatic carbocycles. The lowest BCUT2D eigenvalue weighted by atomic mass is 10.1. The molecule has 0 aromatic heterocycles. The standard InChI is InChI=1S/C17H21N3O4/c1-18-17(23)13-6-3-8-20(13)14(21)10-19-16(22)12-5-2-4-11-7-9-24-15(11)12/h2,4-5,13H,3,6-10H2,1H3,(H,18,23)(H,19,22)/t13-/m0/s1. The molecule has 1 fully saturated rings. The first-order chi connectivity index (χ1) is 11.6. The number of nitrogens with zero attached hydrogens (tertiary/aromatic N) is 1. The number of likely N-dealkylation sites (N-methyl/N-ethyl adjacent to an activating group) is 1. The monoisotopic (exact) mass is 331 g/mol. The Labute approximate surface area is 140 Å². The number of nitrogens with one attached hydrogen (secondary N) is 2. The molecule has 1 atom stereocenters. The smallest absolute Gasteiger partial charge is 0.255 e. The van der Waals surface area contributed by atoms with Crippen LogP contribution in [0.5, 0.6) is 5.75 Å². The lowest BCUT2D eigenvalue weighted by Crippen LogP contribution is -2.48. The Morgan fingerprint density at radius 3 is 2.96 bits per heavy atom. The van der Waals surface area contributed by atoms with Crippen LogP contribution in [-0.4, -0.2) is 55.4 Å². The van der Waals surface area contributed by atoms with Gasteiger partial charge in [-0.1, -0.05) is 12.1 Å². The second kappa shape index (κ2) is 6.90. The Balaban J connectivity index is 1.61. The highest BCUT2D eigenvalue weighted by Gasteiger charge is 2.33. The molecule has 7 heteroatoms. The number of para-hydroxylation sites is 1. The van der Waals surface area contributed by atoms with Crippen molar-refractivity contribution >= 4 is 17.7 Å². The Bertz CT molecular complexity index is 674. The summed E-state index contributed by atoms with van der Waals surface area (Å²) < 4.78 is 5.51. The summed E-state index contributed by atoms with van der Waals surface area (Å²) in [6.45, 7) is 0.979. The molecule has 0 bridgehead atoms. The minimum Gasteiger partial charge on any atom is -0.492 e. The molecule has 3 amide bonds. The largest absolute Gasteiger partial charge is 0.492 e. The lowest BCUT2D eigenvalue weighted by Gasteiger charge is -2.23. The van der Waals surface area contributed by atoms with Gasteiger partial charge in [0.05, 0.1) is 18.7 Å². The topological polar surface area (TPSA) is 87.7 Å². The number of hydrogen-bond acceptors (Lipinski definition) is 4. The van der Waals surface area contributed by atoms with Gasteiger partial charge in [-0.2, -0.15) is 0 Å². The number of amides is 3. The van der Waals surface area contributed by atoms with E-state index in [9.17, 15) is 14.4 Å². The Hall–Kier alpha value is -2.57. The van der Waals surface area contributed by atoms with E-state index < -0.39 is 6.04 Å². The summed E-state index contributed by atoms with van der Waals surface area (Å²) in [6, 6.07) is 4.99. The summed E-state index contributed by atoms with van der Waals surface area (Å²) in [4.78, 5) is 38.0. The van der Waals surface area contributed by atoms with Gasteiger partial charge < -0.3 is 20.3 Å². The van der Waals surface area contributed by atoms with E-state index in [1.165, 1.54) is 4.90 Å². The molecule has 0 radical (unpaired) electrons. The zero-order valence-electron chi connectivity index (χ0n) is 13.6.